The highest BCUT2D eigenvalue weighted by atomic mass is 32.2. The van der Waals surface area contributed by atoms with Gasteiger partial charge in [0.1, 0.15) is 0 Å². The van der Waals surface area contributed by atoms with Crippen LogP contribution < -0.4 is 0 Å². The van der Waals surface area contributed by atoms with Crippen molar-refractivity contribution in [2.45, 2.75) is 89.3 Å². The van der Waals surface area contributed by atoms with E-state index in [2.05, 4.69) is 46.2 Å². The third-order valence-electron chi connectivity index (χ3n) is 5.39. The first kappa shape index (κ1) is 18.9. The molecule has 1 aliphatic carbocycles. The molecule has 1 saturated heterocycles. The van der Waals surface area contributed by atoms with Gasteiger partial charge in [-0.15, -0.1) is 0 Å². The Labute approximate surface area is 152 Å². The summed E-state index contributed by atoms with van der Waals surface area (Å²) in [7, 11) is -3.05. The Bertz CT molecular complexity index is 726. The van der Waals surface area contributed by atoms with Gasteiger partial charge in [0, 0.05) is 24.2 Å². The Hall–Kier alpha value is -0.880. The van der Waals surface area contributed by atoms with Crippen LogP contribution in [0, 0.1) is 0 Å². The van der Waals surface area contributed by atoms with E-state index in [1.54, 1.807) is 4.31 Å². The highest BCUT2D eigenvalue weighted by Gasteiger charge is 2.42. The molecule has 0 radical (unpaired) electrons. The third-order valence-corrected chi connectivity index (χ3v) is 7.79. The van der Waals surface area contributed by atoms with Gasteiger partial charge in [-0.2, -0.15) is 5.10 Å². The highest BCUT2D eigenvalue weighted by Crippen LogP contribution is 2.38. The van der Waals surface area contributed by atoms with Crippen LogP contribution in [0.3, 0.4) is 0 Å². The molecular formula is C19H33N3O2S. The summed E-state index contributed by atoms with van der Waals surface area (Å²) >= 11 is 0. The second-order valence-corrected chi connectivity index (χ2v) is 11.9. The summed E-state index contributed by atoms with van der Waals surface area (Å²) in [6.07, 6.45) is 5.39. The fourth-order valence-electron chi connectivity index (χ4n) is 3.85. The Balaban J connectivity index is 1.83. The standard InChI is InChI=1S/C19H33N3O2S/c1-18(2,3)16-13-20-22(17(16)19(4,5)6)14-9-11-21(12-10-14)25(23,24)15-7-8-15/h13-15H,7-12H2,1-6H3. The predicted molar refractivity (Wildman–Crippen MR) is 101 cm³/mol. The van der Waals surface area contributed by atoms with Crippen LogP contribution in [0.2, 0.25) is 0 Å². The van der Waals surface area contributed by atoms with Crippen LogP contribution in [0.1, 0.15) is 84.5 Å². The molecule has 25 heavy (non-hydrogen) atoms. The largest absolute Gasteiger partial charge is 0.266 e. The third kappa shape index (κ3) is 3.65. The molecule has 142 valence electrons. The molecule has 0 unspecified atom stereocenters. The number of nitrogens with zero attached hydrogens (tertiary/aromatic N) is 3. The van der Waals surface area contributed by atoms with Crippen molar-refractivity contribution in [1.29, 1.82) is 0 Å². The maximum Gasteiger partial charge on any atom is 0.216 e. The molecule has 0 N–H and O–H groups in total. The summed E-state index contributed by atoms with van der Waals surface area (Å²) < 4.78 is 28.8. The summed E-state index contributed by atoms with van der Waals surface area (Å²) in [5, 5.41) is 4.65. The molecule has 1 aromatic rings. The van der Waals surface area contributed by atoms with Crippen molar-refractivity contribution >= 4 is 10.0 Å². The van der Waals surface area contributed by atoms with Gasteiger partial charge in [0.25, 0.3) is 0 Å². The van der Waals surface area contributed by atoms with E-state index in [9.17, 15) is 8.42 Å². The molecular weight excluding hydrogens is 334 g/mol. The smallest absolute Gasteiger partial charge is 0.216 e. The fraction of sp³-hybridized carbons (Fsp3) is 0.842. The minimum atomic E-state index is -3.05. The minimum Gasteiger partial charge on any atom is -0.266 e. The number of hydrogen-bond acceptors (Lipinski definition) is 3. The number of sulfonamides is 1. The second-order valence-electron chi connectivity index (χ2n) is 9.73. The number of hydrogen-bond donors (Lipinski definition) is 0. The molecule has 0 spiro atoms. The lowest BCUT2D eigenvalue weighted by atomic mass is 9.79. The maximum atomic E-state index is 12.5. The predicted octanol–water partition coefficient (Wildman–Crippen LogP) is 3.61. The van der Waals surface area contributed by atoms with Gasteiger partial charge in [-0.25, -0.2) is 12.7 Å². The van der Waals surface area contributed by atoms with Crippen molar-refractivity contribution < 1.29 is 8.42 Å². The van der Waals surface area contributed by atoms with Crippen molar-refractivity contribution in [3.05, 3.63) is 17.5 Å². The normalized spacial score (nSPS) is 21.7. The Kier molecular flexibility index (Phi) is 4.60. The molecule has 0 aromatic carbocycles. The average Bonchev–Trinajstić information content (AvgIpc) is 3.23. The zero-order chi connectivity index (χ0) is 18.6. The van der Waals surface area contributed by atoms with E-state index in [4.69, 9.17) is 5.10 Å². The van der Waals surface area contributed by atoms with Crippen molar-refractivity contribution in [1.82, 2.24) is 14.1 Å². The second kappa shape index (κ2) is 6.08. The molecule has 3 rings (SSSR count). The van der Waals surface area contributed by atoms with E-state index in [0.717, 1.165) is 25.7 Å². The zero-order valence-electron chi connectivity index (χ0n) is 16.5. The van der Waals surface area contributed by atoms with Crippen LogP contribution >= 0.6 is 0 Å². The van der Waals surface area contributed by atoms with Crippen LogP contribution in [0.5, 0.6) is 0 Å². The number of rotatable bonds is 3. The van der Waals surface area contributed by atoms with E-state index >= 15 is 0 Å². The van der Waals surface area contributed by atoms with Gasteiger partial charge in [0.2, 0.25) is 10.0 Å². The van der Waals surface area contributed by atoms with Crippen LogP contribution in [0.25, 0.3) is 0 Å². The molecule has 0 atom stereocenters. The molecule has 2 heterocycles. The Morgan fingerprint density at radius 1 is 0.960 bits per heavy atom. The first-order valence-electron chi connectivity index (χ1n) is 9.50. The van der Waals surface area contributed by atoms with Crippen LogP contribution in [-0.4, -0.2) is 40.8 Å². The Morgan fingerprint density at radius 3 is 1.96 bits per heavy atom. The quantitative estimate of drug-likeness (QED) is 0.820. The lowest BCUT2D eigenvalue weighted by Crippen LogP contribution is -2.41. The first-order valence-corrected chi connectivity index (χ1v) is 11.0. The van der Waals surface area contributed by atoms with E-state index in [1.807, 2.05) is 6.20 Å². The van der Waals surface area contributed by atoms with Crippen molar-refractivity contribution in [3.63, 3.8) is 0 Å². The van der Waals surface area contributed by atoms with Gasteiger partial charge in [-0.05, 0) is 36.7 Å². The SMILES string of the molecule is CC(C)(C)c1cnn(C2CCN(S(=O)(=O)C3CC3)CC2)c1C(C)(C)C. The van der Waals surface area contributed by atoms with Crippen LogP contribution in [0.4, 0.5) is 0 Å². The van der Waals surface area contributed by atoms with Gasteiger partial charge in [0.05, 0.1) is 17.5 Å². The summed E-state index contributed by atoms with van der Waals surface area (Å²) in [5.41, 5.74) is 2.66. The molecule has 2 fully saturated rings. The number of aromatic nitrogens is 2. The van der Waals surface area contributed by atoms with Crippen LogP contribution in [0.15, 0.2) is 6.20 Å². The van der Waals surface area contributed by atoms with Crippen molar-refractivity contribution in [2.24, 2.45) is 0 Å². The van der Waals surface area contributed by atoms with Gasteiger partial charge in [-0.1, -0.05) is 41.5 Å². The van der Waals surface area contributed by atoms with Crippen molar-refractivity contribution in [2.75, 3.05) is 13.1 Å². The van der Waals surface area contributed by atoms with E-state index in [1.165, 1.54) is 11.3 Å². The summed E-state index contributed by atoms with van der Waals surface area (Å²) in [6, 6.07) is 0.288. The monoisotopic (exact) mass is 367 g/mol. The fourth-order valence-corrected chi connectivity index (χ4v) is 5.73. The van der Waals surface area contributed by atoms with Gasteiger partial charge in [0.15, 0.2) is 0 Å². The van der Waals surface area contributed by atoms with Crippen LogP contribution in [-0.2, 0) is 20.9 Å². The molecule has 0 bridgehead atoms. The zero-order valence-corrected chi connectivity index (χ0v) is 17.4. The van der Waals surface area contributed by atoms with Gasteiger partial charge in [-0.3, -0.25) is 4.68 Å². The minimum absolute atomic E-state index is 0.0103. The number of piperidine rings is 1. The van der Waals surface area contributed by atoms with Gasteiger partial charge >= 0.3 is 0 Å². The topological polar surface area (TPSA) is 55.2 Å². The van der Waals surface area contributed by atoms with E-state index in [0.29, 0.717) is 13.1 Å². The molecule has 0 amide bonds. The summed E-state index contributed by atoms with van der Waals surface area (Å²) in [4.78, 5) is 0. The molecule has 5 nitrogen and oxygen atoms in total. The molecule has 2 aliphatic rings. The van der Waals surface area contributed by atoms with Gasteiger partial charge < -0.3 is 0 Å². The summed E-state index contributed by atoms with van der Waals surface area (Å²) in [5.74, 6) is 0. The molecule has 1 saturated carbocycles. The Morgan fingerprint density at radius 2 is 1.52 bits per heavy atom. The van der Waals surface area contributed by atoms with Crippen molar-refractivity contribution in [3.8, 4) is 0 Å². The lowest BCUT2D eigenvalue weighted by Gasteiger charge is -2.35. The first-order chi connectivity index (χ1) is 11.4. The maximum absolute atomic E-state index is 12.5. The molecule has 1 aliphatic heterocycles. The molecule has 1 aromatic heterocycles. The average molecular weight is 368 g/mol. The lowest BCUT2D eigenvalue weighted by molar-refractivity contribution is 0.250. The summed E-state index contributed by atoms with van der Waals surface area (Å²) in [6.45, 7) is 14.7. The van der Waals surface area contributed by atoms with E-state index < -0.39 is 10.0 Å². The molecule has 6 heteroatoms. The highest BCUT2D eigenvalue weighted by molar-refractivity contribution is 7.90. The van der Waals surface area contributed by atoms with E-state index in [-0.39, 0.29) is 22.1 Å².